The number of aryl methyl sites for hydroxylation is 1. The molecule has 0 aliphatic heterocycles. The molecule has 4 rings (SSSR count). The predicted octanol–water partition coefficient (Wildman–Crippen LogP) is 5.69. The summed E-state index contributed by atoms with van der Waals surface area (Å²) in [5.74, 6) is -0.00412. The number of ether oxygens (including phenoxy) is 1. The van der Waals surface area contributed by atoms with Crippen molar-refractivity contribution in [1.82, 2.24) is 5.43 Å². The minimum Gasteiger partial charge on any atom is -0.422 e. The summed E-state index contributed by atoms with van der Waals surface area (Å²) in [5, 5.41) is 9.61. The first-order valence-corrected chi connectivity index (χ1v) is 10.5. The minimum atomic E-state index is -0.423. The Morgan fingerprint density at radius 2 is 1.72 bits per heavy atom. The third-order valence-electron chi connectivity index (χ3n) is 4.78. The molecule has 4 aromatic carbocycles. The average molecular weight is 440 g/mol. The highest BCUT2D eigenvalue weighted by Gasteiger charge is 2.13. The van der Waals surface area contributed by atoms with Gasteiger partial charge in [-0.3, -0.25) is 5.43 Å². The maximum atomic E-state index is 12.7. The Bertz CT molecular complexity index is 1300. The first-order chi connectivity index (χ1) is 15.6. The van der Waals surface area contributed by atoms with Crippen LogP contribution in [0, 0.1) is 6.92 Å². The number of fused-ring (bicyclic) bond motifs is 1. The van der Waals surface area contributed by atoms with E-state index in [1.807, 2.05) is 79.7 Å². The molecule has 0 saturated carbocycles. The van der Waals surface area contributed by atoms with Gasteiger partial charge >= 0.3 is 5.97 Å². The number of esters is 1. The molecular formula is C26H21N3O2S. The molecule has 0 atom stereocenters. The van der Waals surface area contributed by atoms with Crippen LogP contribution in [0.1, 0.15) is 21.5 Å². The van der Waals surface area contributed by atoms with E-state index in [0.29, 0.717) is 22.0 Å². The largest absolute Gasteiger partial charge is 0.422 e. The number of nitrogens with one attached hydrogen (secondary N) is 2. The second-order valence-corrected chi connectivity index (χ2v) is 7.56. The van der Waals surface area contributed by atoms with Crippen LogP contribution in [-0.2, 0) is 0 Å². The van der Waals surface area contributed by atoms with Gasteiger partial charge in [0.25, 0.3) is 0 Å². The zero-order chi connectivity index (χ0) is 22.3. The first-order valence-electron chi connectivity index (χ1n) is 10.1. The molecule has 0 heterocycles. The van der Waals surface area contributed by atoms with Gasteiger partial charge in [0.15, 0.2) is 5.11 Å². The standard InChI is InChI=1S/C26H21N3O2S/c1-18-8-7-10-20(16-18)25(30)31-24-15-14-19-9-5-6-13-22(19)23(24)17-27-29-26(32)28-21-11-3-2-4-12-21/h2-17H,1H3,(H2,28,29,32)/b27-17+. The second-order valence-electron chi connectivity index (χ2n) is 7.15. The van der Waals surface area contributed by atoms with E-state index in [4.69, 9.17) is 17.0 Å². The molecule has 0 saturated heterocycles. The highest BCUT2D eigenvalue weighted by atomic mass is 32.1. The Hall–Kier alpha value is -4.03. The summed E-state index contributed by atoms with van der Waals surface area (Å²) >= 11 is 5.30. The van der Waals surface area contributed by atoms with Gasteiger partial charge < -0.3 is 10.1 Å². The molecule has 0 aromatic heterocycles. The van der Waals surface area contributed by atoms with Crippen LogP contribution in [0.2, 0.25) is 0 Å². The number of rotatable bonds is 5. The number of carbonyl (C=O) groups excluding carboxylic acids is 1. The molecule has 4 aromatic rings. The van der Waals surface area contributed by atoms with Crippen molar-refractivity contribution in [2.75, 3.05) is 5.32 Å². The van der Waals surface area contributed by atoms with E-state index < -0.39 is 5.97 Å². The van der Waals surface area contributed by atoms with Crippen LogP contribution in [0.3, 0.4) is 0 Å². The molecule has 0 aliphatic carbocycles. The Balaban J connectivity index is 1.58. The SMILES string of the molecule is Cc1cccc(C(=O)Oc2ccc3ccccc3c2/C=N/NC(=S)Nc2ccccc2)c1. The van der Waals surface area contributed by atoms with Crippen molar-refractivity contribution < 1.29 is 9.53 Å². The van der Waals surface area contributed by atoms with E-state index in [1.165, 1.54) is 0 Å². The van der Waals surface area contributed by atoms with Gasteiger partial charge in [-0.2, -0.15) is 5.10 Å². The fourth-order valence-corrected chi connectivity index (χ4v) is 3.44. The fourth-order valence-electron chi connectivity index (χ4n) is 3.26. The summed E-state index contributed by atoms with van der Waals surface area (Å²) in [6, 6.07) is 28.4. The number of carbonyl (C=O) groups is 1. The normalized spacial score (nSPS) is 10.8. The maximum absolute atomic E-state index is 12.7. The first kappa shape index (κ1) is 21.2. The minimum absolute atomic E-state index is 0.353. The molecule has 0 fully saturated rings. The maximum Gasteiger partial charge on any atom is 0.343 e. The van der Waals surface area contributed by atoms with E-state index >= 15 is 0 Å². The smallest absolute Gasteiger partial charge is 0.343 e. The number of para-hydroxylation sites is 1. The summed E-state index contributed by atoms with van der Waals surface area (Å²) in [5.41, 5.74) is 5.83. The van der Waals surface area contributed by atoms with Gasteiger partial charge in [0.1, 0.15) is 5.75 Å². The van der Waals surface area contributed by atoms with Crippen molar-refractivity contribution in [3.63, 3.8) is 0 Å². The number of nitrogens with zero attached hydrogens (tertiary/aromatic N) is 1. The lowest BCUT2D eigenvalue weighted by Gasteiger charge is -2.11. The van der Waals surface area contributed by atoms with Crippen LogP contribution in [0.15, 0.2) is 96.1 Å². The highest BCUT2D eigenvalue weighted by molar-refractivity contribution is 7.80. The Labute approximate surface area is 191 Å². The van der Waals surface area contributed by atoms with Crippen LogP contribution in [0.4, 0.5) is 5.69 Å². The molecular weight excluding hydrogens is 418 g/mol. The van der Waals surface area contributed by atoms with Crippen LogP contribution in [0.25, 0.3) is 10.8 Å². The highest BCUT2D eigenvalue weighted by Crippen LogP contribution is 2.27. The monoisotopic (exact) mass is 439 g/mol. The number of hydrazone groups is 1. The van der Waals surface area contributed by atoms with Crippen molar-refractivity contribution >= 4 is 46.0 Å². The number of hydrogen-bond donors (Lipinski definition) is 2. The van der Waals surface area contributed by atoms with Crippen LogP contribution in [-0.4, -0.2) is 17.3 Å². The van der Waals surface area contributed by atoms with Gasteiger partial charge in [0, 0.05) is 11.3 Å². The molecule has 0 spiro atoms. The summed E-state index contributed by atoms with van der Waals surface area (Å²) in [4.78, 5) is 12.7. The second kappa shape index (κ2) is 9.85. The zero-order valence-electron chi connectivity index (χ0n) is 17.4. The van der Waals surface area contributed by atoms with Crippen LogP contribution < -0.4 is 15.5 Å². The molecule has 0 amide bonds. The molecule has 158 valence electrons. The van der Waals surface area contributed by atoms with Gasteiger partial charge in [0.05, 0.1) is 11.8 Å². The summed E-state index contributed by atoms with van der Waals surface area (Å²) in [6.45, 7) is 1.93. The number of anilines is 1. The Morgan fingerprint density at radius 3 is 2.53 bits per heavy atom. The average Bonchev–Trinajstić information content (AvgIpc) is 2.81. The van der Waals surface area contributed by atoms with Crippen LogP contribution >= 0.6 is 12.2 Å². The molecule has 0 aliphatic rings. The molecule has 0 radical (unpaired) electrons. The van der Waals surface area contributed by atoms with Crippen molar-refractivity contribution in [2.45, 2.75) is 6.92 Å². The van der Waals surface area contributed by atoms with Crippen LogP contribution in [0.5, 0.6) is 5.75 Å². The molecule has 0 bridgehead atoms. The number of benzene rings is 4. The molecule has 6 heteroatoms. The van der Waals surface area contributed by atoms with Gasteiger partial charge in [-0.05, 0) is 60.2 Å². The molecule has 2 N–H and O–H groups in total. The quantitative estimate of drug-likeness (QED) is 0.138. The van der Waals surface area contributed by atoms with Gasteiger partial charge in [-0.15, -0.1) is 0 Å². The molecule has 5 nitrogen and oxygen atoms in total. The Morgan fingerprint density at radius 1 is 0.938 bits per heavy atom. The third-order valence-corrected chi connectivity index (χ3v) is 4.97. The summed E-state index contributed by atoms with van der Waals surface area (Å²) < 4.78 is 5.74. The van der Waals surface area contributed by atoms with E-state index in [-0.39, 0.29) is 0 Å². The number of thiocarbonyl (C=S) groups is 1. The third kappa shape index (κ3) is 5.17. The topological polar surface area (TPSA) is 62.7 Å². The van der Waals surface area contributed by atoms with Gasteiger partial charge in [-0.1, -0.05) is 66.2 Å². The lowest BCUT2D eigenvalue weighted by molar-refractivity contribution is 0.0734. The lowest BCUT2D eigenvalue weighted by atomic mass is 10.0. The zero-order valence-corrected chi connectivity index (χ0v) is 18.2. The lowest BCUT2D eigenvalue weighted by Crippen LogP contribution is -2.23. The van der Waals surface area contributed by atoms with E-state index in [0.717, 1.165) is 22.0 Å². The molecule has 32 heavy (non-hydrogen) atoms. The van der Waals surface area contributed by atoms with E-state index in [2.05, 4.69) is 15.8 Å². The predicted molar refractivity (Wildman–Crippen MR) is 133 cm³/mol. The van der Waals surface area contributed by atoms with E-state index in [1.54, 1.807) is 24.4 Å². The van der Waals surface area contributed by atoms with Crippen molar-refractivity contribution in [3.05, 3.63) is 108 Å². The Kier molecular flexibility index (Phi) is 6.53. The summed E-state index contributed by atoms with van der Waals surface area (Å²) in [7, 11) is 0. The van der Waals surface area contributed by atoms with Crippen molar-refractivity contribution in [1.29, 1.82) is 0 Å². The van der Waals surface area contributed by atoms with Crippen molar-refractivity contribution in [2.24, 2.45) is 5.10 Å². The van der Waals surface area contributed by atoms with E-state index in [9.17, 15) is 4.79 Å². The fraction of sp³-hybridized carbons (Fsp3) is 0.0385. The molecule has 0 unspecified atom stereocenters. The number of hydrogen-bond acceptors (Lipinski definition) is 4. The van der Waals surface area contributed by atoms with Crippen molar-refractivity contribution in [3.8, 4) is 5.75 Å². The van der Waals surface area contributed by atoms with Gasteiger partial charge in [-0.25, -0.2) is 4.79 Å². The summed E-state index contributed by atoms with van der Waals surface area (Å²) in [6.07, 6.45) is 1.61. The van der Waals surface area contributed by atoms with Gasteiger partial charge in [0.2, 0.25) is 0 Å².